The van der Waals surface area contributed by atoms with Gasteiger partial charge >= 0.3 is 0 Å². The number of nitrogens with two attached hydrogens (primary N) is 1. The fourth-order valence-corrected chi connectivity index (χ4v) is 2.90. The van der Waals surface area contributed by atoms with Gasteiger partial charge in [-0.05, 0) is 31.5 Å². The van der Waals surface area contributed by atoms with E-state index in [0.29, 0.717) is 25.5 Å². The molecule has 2 N–H and O–H groups in total. The first kappa shape index (κ1) is 18.2. The number of methoxy groups -OCH3 is 1. The Kier molecular flexibility index (Phi) is 5.15. The van der Waals surface area contributed by atoms with Crippen molar-refractivity contribution in [1.82, 2.24) is 19.9 Å². The Bertz CT molecular complexity index is 796. The standard InChI is InChI=1S/C18H23N5O3/c1-18(2,25-3)17(24)23-6-7-26-14(10-23)16-13(9-20-11-22-16)12-4-5-21-15(19)8-12/h4-5,8-9,11,14H,6-7,10H2,1-3H3,(H2,19,21)/t14-/m0/s1. The topological polar surface area (TPSA) is 103 Å². The van der Waals surface area contributed by atoms with Gasteiger partial charge in [0.1, 0.15) is 23.9 Å². The van der Waals surface area contributed by atoms with Gasteiger partial charge in [0.25, 0.3) is 5.91 Å². The third-order valence-corrected chi connectivity index (χ3v) is 4.52. The van der Waals surface area contributed by atoms with E-state index in [4.69, 9.17) is 15.2 Å². The van der Waals surface area contributed by atoms with Gasteiger partial charge in [-0.2, -0.15) is 0 Å². The van der Waals surface area contributed by atoms with E-state index < -0.39 is 5.60 Å². The molecule has 1 aliphatic heterocycles. The number of amides is 1. The highest BCUT2D eigenvalue weighted by Gasteiger charge is 2.36. The monoisotopic (exact) mass is 357 g/mol. The Morgan fingerprint density at radius 2 is 2.23 bits per heavy atom. The maximum atomic E-state index is 12.7. The van der Waals surface area contributed by atoms with Crippen molar-refractivity contribution in [2.45, 2.75) is 25.6 Å². The first-order chi connectivity index (χ1) is 12.4. The summed E-state index contributed by atoms with van der Waals surface area (Å²) in [6.07, 6.45) is 4.49. The highest BCUT2D eigenvalue weighted by Crippen LogP contribution is 2.31. The molecule has 0 aromatic carbocycles. The smallest absolute Gasteiger partial charge is 0.254 e. The number of morpholine rings is 1. The molecule has 3 heterocycles. The first-order valence-corrected chi connectivity index (χ1v) is 8.40. The molecule has 1 aliphatic rings. The van der Waals surface area contributed by atoms with Crippen molar-refractivity contribution in [3.05, 3.63) is 36.5 Å². The molecule has 8 heteroatoms. The molecule has 0 radical (unpaired) electrons. The molecule has 1 amide bonds. The van der Waals surface area contributed by atoms with Gasteiger partial charge in [0, 0.05) is 31.6 Å². The lowest BCUT2D eigenvalue weighted by Gasteiger charge is -2.37. The quantitative estimate of drug-likeness (QED) is 0.883. The lowest BCUT2D eigenvalue weighted by molar-refractivity contribution is -0.158. The maximum absolute atomic E-state index is 12.7. The van der Waals surface area contributed by atoms with Crippen molar-refractivity contribution in [2.24, 2.45) is 0 Å². The molecule has 1 atom stereocenters. The average molecular weight is 357 g/mol. The SMILES string of the molecule is COC(C)(C)C(=O)N1CCO[C@H](c2ncncc2-c2ccnc(N)c2)C1. The number of hydrogen-bond donors (Lipinski definition) is 1. The minimum atomic E-state index is -0.879. The summed E-state index contributed by atoms with van der Waals surface area (Å²) in [7, 11) is 1.53. The molecule has 2 aromatic rings. The fraction of sp³-hybridized carbons (Fsp3) is 0.444. The van der Waals surface area contributed by atoms with Crippen molar-refractivity contribution in [3.63, 3.8) is 0 Å². The molecule has 0 unspecified atom stereocenters. The van der Waals surface area contributed by atoms with Crippen molar-refractivity contribution in [3.8, 4) is 11.1 Å². The Morgan fingerprint density at radius 3 is 2.96 bits per heavy atom. The van der Waals surface area contributed by atoms with Crippen molar-refractivity contribution < 1.29 is 14.3 Å². The van der Waals surface area contributed by atoms with Crippen molar-refractivity contribution >= 4 is 11.7 Å². The normalized spacial score (nSPS) is 18.0. The summed E-state index contributed by atoms with van der Waals surface area (Å²) in [5, 5.41) is 0. The van der Waals surface area contributed by atoms with Gasteiger partial charge in [-0.15, -0.1) is 0 Å². The molecular formula is C18H23N5O3. The van der Waals surface area contributed by atoms with Gasteiger partial charge in [-0.25, -0.2) is 15.0 Å². The Balaban J connectivity index is 1.89. The second-order valence-electron chi connectivity index (χ2n) is 6.62. The highest BCUT2D eigenvalue weighted by molar-refractivity contribution is 5.84. The zero-order valence-corrected chi connectivity index (χ0v) is 15.2. The second kappa shape index (κ2) is 7.35. The minimum absolute atomic E-state index is 0.0722. The van der Waals surface area contributed by atoms with Gasteiger partial charge in [-0.3, -0.25) is 4.79 Å². The zero-order valence-electron chi connectivity index (χ0n) is 15.2. The predicted octanol–water partition coefficient (Wildman–Crippen LogP) is 1.45. The molecule has 0 spiro atoms. The van der Waals surface area contributed by atoms with E-state index in [1.54, 1.807) is 37.2 Å². The number of hydrogen-bond acceptors (Lipinski definition) is 7. The molecule has 0 saturated carbocycles. The van der Waals surface area contributed by atoms with Crippen LogP contribution in [0.5, 0.6) is 0 Å². The van der Waals surface area contributed by atoms with E-state index in [2.05, 4.69) is 15.0 Å². The number of nitrogen functional groups attached to an aromatic ring is 1. The van der Waals surface area contributed by atoms with E-state index >= 15 is 0 Å². The van der Waals surface area contributed by atoms with Gasteiger partial charge < -0.3 is 20.1 Å². The summed E-state index contributed by atoms with van der Waals surface area (Å²) in [6.45, 7) is 4.87. The lowest BCUT2D eigenvalue weighted by atomic mass is 10.0. The van der Waals surface area contributed by atoms with Crippen LogP contribution in [0.4, 0.5) is 5.82 Å². The number of nitrogens with zero attached hydrogens (tertiary/aromatic N) is 4. The molecular weight excluding hydrogens is 334 g/mol. The summed E-state index contributed by atoms with van der Waals surface area (Å²) < 4.78 is 11.2. The van der Waals surface area contributed by atoms with E-state index in [9.17, 15) is 4.79 Å². The zero-order chi connectivity index (χ0) is 18.7. The largest absolute Gasteiger partial charge is 0.384 e. The van der Waals surface area contributed by atoms with E-state index in [0.717, 1.165) is 16.8 Å². The summed E-state index contributed by atoms with van der Waals surface area (Å²) in [5.41, 5.74) is 7.31. The molecule has 26 heavy (non-hydrogen) atoms. The molecule has 1 saturated heterocycles. The molecule has 2 aromatic heterocycles. The summed E-state index contributed by atoms with van der Waals surface area (Å²) in [4.78, 5) is 27.0. The Labute approximate surface area is 152 Å². The number of anilines is 1. The Morgan fingerprint density at radius 1 is 1.42 bits per heavy atom. The van der Waals surface area contributed by atoms with E-state index in [1.807, 2.05) is 6.07 Å². The molecule has 3 rings (SSSR count). The minimum Gasteiger partial charge on any atom is -0.384 e. The number of pyridine rings is 1. The second-order valence-corrected chi connectivity index (χ2v) is 6.62. The summed E-state index contributed by atoms with van der Waals surface area (Å²) >= 11 is 0. The third kappa shape index (κ3) is 3.66. The van der Waals surface area contributed by atoms with Crippen LogP contribution in [0.15, 0.2) is 30.9 Å². The first-order valence-electron chi connectivity index (χ1n) is 8.40. The van der Waals surface area contributed by atoms with E-state index in [1.165, 1.54) is 13.4 Å². The van der Waals surface area contributed by atoms with Crippen LogP contribution >= 0.6 is 0 Å². The van der Waals surface area contributed by atoms with Gasteiger partial charge in [0.15, 0.2) is 0 Å². The van der Waals surface area contributed by atoms with Crippen LogP contribution in [-0.2, 0) is 14.3 Å². The van der Waals surface area contributed by atoms with Crippen LogP contribution in [0.3, 0.4) is 0 Å². The van der Waals surface area contributed by atoms with Crippen LogP contribution in [0.2, 0.25) is 0 Å². The van der Waals surface area contributed by atoms with Crippen LogP contribution in [-0.4, -0.2) is 58.2 Å². The number of rotatable bonds is 4. The molecule has 8 nitrogen and oxygen atoms in total. The van der Waals surface area contributed by atoms with Crippen LogP contribution in [0.25, 0.3) is 11.1 Å². The average Bonchev–Trinajstić information content (AvgIpc) is 2.67. The Hall–Kier alpha value is -2.58. The van der Waals surface area contributed by atoms with E-state index in [-0.39, 0.29) is 12.0 Å². The number of carbonyl (C=O) groups excluding carboxylic acids is 1. The fourth-order valence-electron chi connectivity index (χ4n) is 2.90. The molecule has 0 aliphatic carbocycles. The van der Waals surface area contributed by atoms with Crippen LogP contribution < -0.4 is 5.73 Å². The lowest BCUT2D eigenvalue weighted by Crippen LogP contribution is -2.51. The van der Waals surface area contributed by atoms with Crippen LogP contribution in [0, 0.1) is 0 Å². The van der Waals surface area contributed by atoms with Crippen molar-refractivity contribution in [1.29, 1.82) is 0 Å². The van der Waals surface area contributed by atoms with Gasteiger partial charge in [0.05, 0.1) is 18.8 Å². The highest BCUT2D eigenvalue weighted by atomic mass is 16.5. The number of aromatic nitrogens is 3. The van der Waals surface area contributed by atoms with Gasteiger partial charge in [-0.1, -0.05) is 0 Å². The maximum Gasteiger partial charge on any atom is 0.254 e. The number of ether oxygens (including phenoxy) is 2. The number of carbonyl (C=O) groups is 1. The molecule has 0 bridgehead atoms. The van der Waals surface area contributed by atoms with Crippen LogP contribution in [0.1, 0.15) is 25.6 Å². The molecule has 138 valence electrons. The van der Waals surface area contributed by atoms with Crippen molar-refractivity contribution in [2.75, 3.05) is 32.5 Å². The summed E-state index contributed by atoms with van der Waals surface area (Å²) in [5.74, 6) is 0.345. The molecule has 1 fully saturated rings. The predicted molar refractivity (Wildman–Crippen MR) is 96.0 cm³/mol. The van der Waals surface area contributed by atoms with Gasteiger partial charge in [0.2, 0.25) is 0 Å². The summed E-state index contributed by atoms with van der Waals surface area (Å²) in [6, 6.07) is 3.61. The third-order valence-electron chi connectivity index (χ3n) is 4.52.